The number of aromatic nitrogens is 2. The van der Waals surface area contributed by atoms with E-state index in [0.717, 1.165) is 61.5 Å². The average Bonchev–Trinajstić information content (AvgIpc) is 3.79. The molecule has 2 N–H and O–H groups in total. The molecule has 48 heavy (non-hydrogen) atoms. The molecule has 258 valence electrons. The first-order valence-electron chi connectivity index (χ1n) is 16.8. The average molecular weight is 714 g/mol. The zero-order valence-electron chi connectivity index (χ0n) is 27.3. The number of hydrogen-bond donors (Lipinski definition) is 2. The summed E-state index contributed by atoms with van der Waals surface area (Å²) in [4.78, 5) is 50.6. The van der Waals surface area contributed by atoms with Gasteiger partial charge in [0.1, 0.15) is 11.1 Å². The van der Waals surface area contributed by atoms with E-state index < -0.39 is 18.2 Å². The van der Waals surface area contributed by atoms with Crippen LogP contribution in [0.5, 0.6) is 5.75 Å². The number of imidazole rings is 1. The van der Waals surface area contributed by atoms with E-state index in [1.165, 1.54) is 11.3 Å². The van der Waals surface area contributed by atoms with Gasteiger partial charge in [-0.1, -0.05) is 49.1 Å². The molecule has 3 aliphatic rings. The molecule has 3 amide bonds. The first kappa shape index (κ1) is 34.8. The smallest absolute Gasteiger partial charge is 0.409 e. The maximum atomic E-state index is 14.7. The Morgan fingerprint density at radius 1 is 1.04 bits per heavy atom. The summed E-state index contributed by atoms with van der Waals surface area (Å²) in [5.41, 5.74) is 0. The lowest BCUT2D eigenvalue weighted by Crippen LogP contribution is -2.65. The van der Waals surface area contributed by atoms with Gasteiger partial charge in [-0.05, 0) is 67.1 Å². The number of hydrogen-bond acceptors (Lipinski definition) is 9. The summed E-state index contributed by atoms with van der Waals surface area (Å²) in [6.07, 6.45) is 10.6. The Bertz CT molecular complexity index is 1520. The third-order valence-corrected chi connectivity index (χ3v) is 11.6. The predicted octanol–water partition coefficient (Wildman–Crippen LogP) is 5.17. The van der Waals surface area contributed by atoms with Crippen LogP contribution in [0.2, 0.25) is 5.02 Å². The molecule has 0 bridgehead atoms. The Labute approximate surface area is 295 Å². The molecule has 0 spiro atoms. The fraction of sp³-hybridized carbons (Fsp3) is 0.529. The lowest BCUT2D eigenvalue weighted by Gasteiger charge is -2.44. The van der Waals surface area contributed by atoms with Gasteiger partial charge < -0.3 is 29.7 Å². The number of amides is 3. The molecule has 2 aromatic heterocycles. The number of benzene rings is 1. The van der Waals surface area contributed by atoms with Crippen molar-refractivity contribution in [2.75, 3.05) is 32.7 Å². The van der Waals surface area contributed by atoms with Crippen LogP contribution in [0.1, 0.15) is 49.8 Å². The summed E-state index contributed by atoms with van der Waals surface area (Å²) in [7, 11) is 1.97. The number of piperidine rings is 1. The fourth-order valence-electron chi connectivity index (χ4n) is 6.81. The minimum atomic E-state index is -0.861. The highest BCUT2D eigenvalue weighted by Crippen LogP contribution is 2.31. The number of carbonyl (C=O) groups excluding carboxylic acids is 3. The topological polar surface area (TPSA) is 112 Å². The van der Waals surface area contributed by atoms with Gasteiger partial charge in [0.05, 0.1) is 30.5 Å². The Balaban J connectivity index is 1.18. The van der Waals surface area contributed by atoms with Gasteiger partial charge in [0.15, 0.2) is 5.75 Å². The monoisotopic (exact) mass is 713 g/mol. The van der Waals surface area contributed by atoms with Crippen LogP contribution in [0.25, 0.3) is 0 Å². The minimum Gasteiger partial charge on any atom is -0.409 e. The number of para-hydroxylation sites is 1. The van der Waals surface area contributed by atoms with Crippen molar-refractivity contribution in [3.05, 3.63) is 64.2 Å². The van der Waals surface area contributed by atoms with Crippen molar-refractivity contribution in [1.82, 2.24) is 34.3 Å². The molecule has 0 radical (unpaired) electrons. The largest absolute Gasteiger partial charge is 0.415 e. The van der Waals surface area contributed by atoms with Crippen molar-refractivity contribution in [2.45, 2.75) is 74.6 Å². The van der Waals surface area contributed by atoms with Gasteiger partial charge in [0.2, 0.25) is 11.8 Å². The highest BCUT2D eigenvalue weighted by Gasteiger charge is 2.43. The summed E-state index contributed by atoms with van der Waals surface area (Å²) < 4.78 is 9.89. The van der Waals surface area contributed by atoms with Crippen molar-refractivity contribution in [1.29, 1.82) is 0 Å². The molecule has 1 aliphatic carbocycles. The summed E-state index contributed by atoms with van der Waals surface area (Å²) in [6, 6.07) is 9.69. The van der Waals surface area contributed by atoms with E-state index >= 15 is 0 Å². The van der Waals surface area contributed by atoms with Crippen molar-refractivity contribution >= 4 is 52.8 Å². The number of ether oxygens (including phenoxy) is 1. The first-order chi connectivity index (χ1) is 23.3. The molecule has 2 atom stereocenters. The highest BCUT2D eigenvalue weighted by atomic mass is 35.5. The molecule has 14 heteroatoms. The molecular formula is C34H44ClN7O4S2. The molecule has 0 unspecified atom stereocenters. The number of piperazine rings is 1. The van der Waals surface area contributed by atoms with Gasteiger partial charge in [0, 0.05) is 50.3 Å². The van der Waals surface area contributed by atoms with Crippen LogP contribution in [0.15, 0.2) is 59.3 Å². The molecule has 2 saturated heterocycles. The highest BCUT2D eigenvalue weighted by molar-refractivity contribution is 7.97. The fourth-order valence-corrected chi connectivity index (χ4v) is 8.59. The van der Waals surface area contributed by atoms with E-state index in [1.54, 1.807) is 58.8 Å². The van der Waals surface area contributed by atoms with Gasteiger partial charge in [-0.15, -0.1) is 11.3 Å². The summed E-state index contributed by atoms with van der Waals surface area (Å²) >= 11 is 9.47. The van der Waals surface area contributed by atoms with E-state index in [4.69, 9.17) is 16.3 Å². The second-order valence-electron chi connectivity index (χ2n) is 12.8. The Kier molecular flexibility index (Phi) is 12.0. The summed E-state index contributed by atoms with van der Waals surface area (Å²) in [5.74, 6) is 0.0283. The number of halogens is 1. The predicted molar refractivity (Wildman–Crippen MR) is 188 cm³/mol. The molecule has 1 aromatic carbocycles. The van der Waals surface area contributed by atoms with Crippen LogP contribution < -0.4 is 15.4 Å². The van der Waals surface area contributed by atoms with Crippen LogP contribution in [0, 0.1) is 5.92 Å². The van der Waals surface area contributed by atoms with E-state index in [1.807, 2.05) is 35.3 Å². The molecule has 3 aromatic rings. The van der Waals surface area contributed by atoms with Crippen molar-refractivity contribution in [2.24, 2.45) is 13.0 Å². The Hall–Kier alpha value is -3.10. The van der Waals surface area contributed by atoms with Crippen molar-refractivity contribution in [3.8, 4) is 5.75 Å². The maximum Gasteiger partial charge on any atom is 0.415 e. The lowest BCUT2D eigenvalue weighted by atomic mass is 9.86. The zero-order valence-corrected chi connectivity index (χ0v) is 29.7. The van der Waals surface area contributed by atoms with E-state index in [9.17, 15) is 14.4 Å². The van der Waals surface area contributed by atoms with Crippen LogP contribution in [0.3, 0.4) is 0 Å². The number of carbonyl (C=O) groups is 3. The first-order valence-corrected chi connectivity index (χ1v) is 18.9. The van der Waals surface area contributed by atoms with Crippen LogP contribution in [-0.4, -0.2) is 92.4 Å². The molecule has 3 fully saturated rings. The number of nitrogens with zero attached hydrogens (tertiary/aromatic N) is 5. The van der Waals surface area contributed by atoms with Crippen LogP contribution in [0.4, 0.5) is 4.79 Å². The standard InChI is InChI=1S/C34H44ClN7O4S2/c1-39-22-30(37-23-39)48-41-15-13-24(14-16-41)31(38-25-8-3-2-4-9-25)33(44)42-18-17-40(34(45)46-29-12-6-5-11-27(29)35)21-28(42)32(43)36-20-26-10-7-19-47-26/h5-7,10-12,19,22-25,28,31,38H,2-4,8-9,13-18,20-21H2,1H3,(H,36,43)/t28-,31+/m0/s1. The second-order valence-corrected chi connectivity index (χ2v) is 15.4. The molecule has 1 saturated carbocycles. The normalized spacial score (nSPS) is 20.4. The summed E-state index contributed by atoms with van der Waals surface area (Å²) in [6.45, 7) is 2.54. The second kappa shape index (κ2) is 16.5. The number of thiophene rings is 1. The van der Waals surface area contributed by atoms with Gasteiger partial charge in [-0.25, -0.2) is 14.1 Å². The zero-order chi connectivity index (χ0) is 33.5. The number of aryl methyl sites for hydroxylation is 1. The van der Waals surface area contributed by atoms with Crippen LogP contribution in [-0.2, 0) is 23.2 Å². The SMILES string of the molecule is Cn1cnc(SN2CCC([C@@H](NC3CCCCC3)C(=O)N3CCN(C(=O)Oc4ccccc4Cl)C[C@H]3C(=O)NCc3cccs3)CC2)c1. The Morgan fingerprint density at radius 3 is 2.54 bits per heavy atom. The van der Waals surface area contributed by atoms with Gasteiger partial charge in [0.25, 0.3) is 0 Å². The van der Waals surface area contributed by atoms with E-state index in [0.29, 0.717) is 11.6 Å². The molecule has 2 aliphatic heterocycles. The molecule has 6 rings (SSSR count). The van der Waals surface area contributed by atoms with Gasteiger partial charge in [-0.2, -0.15) is 0 Å². The minimum absolute atomic E-state index is 0.0284. The van der Waals surface area contributed by atoms with Crippen molar-refractivity contribution in [3.63, 3.8) is 0 Å². The third-order valence-electron chi connectivity index (χ3n) is 9.44. The molecule has 11 nitrogen and oxygen atoms in total. The van der Waals surface area contributed by atoms with Crippen molar-refractivity contribution < 1.29 is 19.1 Å². The molecule has 4 heterocycles. The summed E-state index contributed by atoms with van der Waals surface area (Å²) in [5, 5.41) is 10.1. The van der Waals surface area contributed by atoms with Gasteiger partial charge >= 0.3 is 6.09 Å². The lowest BCUT2D eigenvalue weighted by molar-refractivity contribution is -0.146. The third kappa shape index (κ3) is 8.92. The maximum absolute atomic E-state index is 14.7. The van der Waals surface area contributed by atoms with E-state index in [-0.39, 0.29) is 49.2 Å². The van der Waals surface area contributed by atoms with Crippen LogP contribution >= 0.6 is 34.9 Å². The Morgan fingerprint density at radius 2 is 1.83 bits per heavy atom. The number of nitrogens with one attached hydrogen (secondary N) is 2. The number of rotatable bonds is 10. The molecular weight excluding hydrogens is 670 g/mol. The van der Waals surface area contributed by atoms with E-state index in [2.05, 4.69) is 19.9 Å². The quantitative estimate of drug-likeness (QED) is 0.277. The van der Waals surface area contributed by atoms with Gasteiger partial charge in [-0.3, -0.25) is 9.59 Å².